The quantitative estimate of drug-likeness (QED) is 0.864. The van der Waals surface area contributed by atoms with Crippen LogP contribution in [0.1, 0.15) is 19.8 Å². The molecule has 3 rings (SSSR count). The Kier molecular flexibility index (Phi) is 6.35. The van der Waals surface area contributed by atoms with Crippen LogP contribution in [0.15, 0.2) is 24.3 Å². The van der Waals surface area contributed by atoms with Gasteiger partial charge in [0.25, 0.3) is 0 Å². The van der Waals surface area contributed by atoms with Gasteiger partial charge in [-0.1, -0.05) is 6.07 Å². The van der Waals surface area contributed by atoms with E-state index in [1.807, 2.05) is 12.1 Å². The normalized spacial score (nSPS) is 24.0. The minimum atomic E-state index is 0.561. The van der Waals surface area contributed by atoms with Crippen LogP contribution in [0.4, 0.5) is 5.69 Å². The fourth-order valence-corrected chi connectivity index (χ4v) is 3.61. The first-order valence-corrected chi connectivity index (χ1v) is 9.19. The average Bonchev–Trinajstić information content (AvgIpc) is 2.62. The molecule has 1 aromatic carbocycles. The second-order valence-corrected chi connectivity index (χ2v) is 6.95. The van der Waals surface area contributed by atoms with E-state index in [1.165, 1.54) is 39.0 Å². The molecule has 0 saturated carbocycles. The number of likely N-dealkylation sites (tertiary alicyclic amines) is 1. The first-order valence-electron chi connectivity index (χ1n) is 9.19. The highest BCUT2D eigenvalue weighted by Crippen LogP contribution is 2.21. The van der Waals surface area contributed by atoms with E-state index in [9.17, 15) is 0 Å². The largest absolute Gasteiger partial charge is 0.497 e. The number of anilines is 1. The molecule has 0 aliphatic carbocycles. The van der Waals surface area contributed by atoms with Gasteiger partial charge in [-0.05, 0) is 31.9 Å². The fraction of sp³-hybridized carbons (Fsp3) is 0.684. The molecule has 1 aromatic rings. The maximum absolute atomic E-state index is 5.52. The molecule has 1 N–H and O–H groups in total. The van der Waals surface area contributed by atoms with Gasteiger partial charge in [-0.3, -0.25) is 4.90 Å². The number of benzene rings is 1. The molecule has 134 valence electrons. The number of hydrogen-bond donors (Lipinski definition) is 1. The summed E-state index contributed by atoms with van der Waals surface area (Å²) in [5.74, 6) is 0.914. The lowest BCUT2D eigenvalue weighted by molar-refractivity contribution is -0.00476. The minimum Gasteiger partial charge on any atom is -0.497 e. The van der Waals surface area contributed by atoms with E-state index in [4.69, 9.17) is 9.47 Å². The molecule has 5 heteroatoms. The van der Waals surface area contributed by atoms with Crippen molar-refractivity contribution in [3.8, 4) is 5.75 Å². The molecule has 0 bridgehead atoms. The highest BCUT2D eigenvalue weighted by molar-refractivity contribution is 5.48. The lowest BCUT2D eigenvalue weighted by Gasteiger charge is -2.37. The smallest absolute Gasteiger partial charge is 0.120 e. The van der Waals surface area contributed by atoms with Crippen molar-refractivity contribution < 1.29 is 9.47 Å². The van der Waals surface area contributed by atoms with E-state index < -0.39 is 0 Å². The molecule has 2 saturated heterocycles. The molecule has 0 aromatic heterocycles. The van der Waals surface area contributed by atoms with E-state index in [2.05, 4.69) is 34.2 Å². The van der Waals surface area contributed by atoms with Crippen LogP contribution in [0, 0.1) is 0 Å². The molecule has 0 radical (unpaired) electrons. The molecular formula is C19H31N3O2. The van der Waals surface area contributed by atoms with Crippen molar-refractivity contribution in [1.82, 2.24) is 9.80 Å². The molecule has 0 spiro atoms. The Morgan fingerprint density at radius 2 is 2.04 bits per heavy atom. The third-order valence-corrected chi connectivity index (χ3v) is 5.24. The summed E-state index contributed by atoms with van der Waals surface area (Å²) in [6.07, 6.45) is 2.41. The van der Waals surface area contributed by atoms with Crippen LogP contribution in [-0.2, 0) is 4.74 Å². The Morgan fingerprint density at radius 3 is 2.79 bits per heavy atom. The van der Waals surface area contributed by atoms with Crippen LogP contribution < -0.4 is 10.1 Å². The van der Waals surface area contributed by atoms with E-state index in [0.717, 1.165) is 31.2 Å². The first kappa shape index (κ1) is 17.5. The molecule has 2 aliphatic heterocycles. The molecule has 1 atom stereocenters. The van der Waals surface area contributed by atoms with Crippen LogP contribution in [-0.4, -0.2) is 74.9 Å². The second kappa shape index (κ2) is 8.70. The van der Waals surface area contributed by atoms with Gasteiger partial charge >= 0.3 is 0 Å². The van der Waals surface area contributed by atoms with Gasteiger partial charge in [0.15, 0.2) is 0 Å². The third-order valence-electron chi connectivity index (χ3n) is 5.24. The van der Waals surface area contributed by atoms with Gasteiger partial charge in [-0.25, -0.2) is 0 Å². The topological polar surface area (TPSA) is 37.0 Å². The number of piperidine rings is 1. The molecule has 24 heavy (non-hydrogen) atoms. The predicted octanol–water partition coefficient (Wildman–Crippen LogP) is 2.29. The second-order valence-electron chi connectivity index (χ2n) is 6.95. The maximum Gasteiger partial charge on any atom is 0.120 e. The van der Waals surface area contributed by atoms with Gasteiger partial charge < -0.3 is 19.7 Å². The highest BCUT2D eigenvalue weighted by Gasteiger charge is 2.22. The van der Waals surface area contributed by atoms with Crippen LogP contribution in [0.2, 0.25) is 0 Å². The molecular weight excluding hydrogens is 302 g/mol. The molecule has 2 fully saturated rings. The number of nitrogens with zero attached hydrogens (tertiary/aromatic N) is 2. The van der Waals surface area contributed by atoms with E-state index >= 15 is 0 Å². The third kappa shape index (κ3) is 4.85. The highest BCUT2D eigenvalue weighted by atomic mass is 16.5. The Balaban J connectivity index is 1.39. The summed E-state index contributed by atoms with van der Waals surface area (Å²) in [5.41, 5.74) is 1.16. The number of ether oxygens (including phenoxy) is 2. The van der Waals surface area contributed by atoms with Crippen molar-refractivity contribution in [1.29, 1.82) is 0 Å². The lowest BCUT2D eigenvalue weighted by Crippen LogP contribution is -2.48. The summed E-state index contributed by atoms with van der Waals surface area (Å²) >= 11 is 0. The Morgan fingerprint density at radius 1 is 1.21 bits per heavy atom. The first-order chi connectivity index (χ1) is 11.7. The summed E-state index contributed by atoms with van der Waals surface area (Å²) in [6.45, 7) is 9.82. The van der Waals surface area contributed by atoms with Crippen molar-refractivity contribution in [2.45, 2.75) is 31.8 Å². The van der Waals surface area contributed by atoms with Gasteiger partial charge in [0.2, 0.25) is 0 Å². The van der Waals surface area contributed by atoms with Crippen molar-refractivity contribution in [2.75, 3.05) is 58.4 Å². The molecule has 2 aliphatic rings. The molecule has 2 heterocycles. The summed E-state index contributed by atoms with van der Waals surface area (Å²) in [5, 5.41) is 3.66. The number of methoxy groups -OCH3 is 1. The predicted molar refractivity (Wildman–Crippen MR) is 97.9 cm³/mol. The van der Waals surface area contributed by atoms with Gasteiger partial charge in [-0.2, -0.15) is 0 Å². The number of rotatable bonds is 6. The number of hydrogen-bond acceptors (Lipinski definition) is 5. The fourth-order valence-electron chi connectivity index (χ4n) is 3.61. The summed E-state index contributed by atoms with van der Waals surface area (Å²) in [4.78, 5) is 5.16. The number of nitrogens with one attached hydrogen (secondary N) is 1. The maximum atomic E-state index is 5.52. The molecule has 5 nitrogen and oxygen atoms in total. The number of morpholine rings is 1. The monoisotopic (exact) mass is 333 g/mol. The average molecular weight is 333 g/mol. The van der Waals surface area contributed by atoms with Crippen LogP contribution in [0.3, 0.4) is 0 Å². The zero-order valence-electron chi connectivity index (χ0n) is 15.0. The van der Waals surface area contributed by atoms with Gasteiger partial charge in [0, 0.05) is 56.6 Å². The zero-order valence-corrected chi connectivity index (χ0v) is 15.0. The summed E-state index contributed by atoms with van der Waals surface area (Å²) < 4.78 is 10.8. The van der Waals surface area contributed by atoms with Crippen molar-refractivity contribution >= 4 is 5.69 Å². The Labute approximate surface area is 145 Å². The van der Waals surface area contributed by atoms with Crippen molar-refractivity contribution in [3.63, 3.8) is 0 Å². The van der Waals surface area contributed by atoms with E-state index in [-0.39, 0.29) is 0 Å². The summed E-state index contributed by atoms with van der Waals surface area (Å²) in [6, 6.07) is 9.35. The van der Waals surface area contributed by atoms with Gasteiger partial charge in [-0.15, -0.1) is 0 Å². The molecule has 0 unspecified atom stereocenters. The van der Waals surface area contributed by atoms with E-state index in [1.54, 1.807) is 7.11 Å². The Bertz CT molecular complexity index is 503. The SMILES string of the molecule is COc1cccc(NC2CCN(CCN3CCOC[C@H]3C)CC2)c1. The Hall–Kier alpha value is -1.30. The van der Waals surface area contributed by atoms with Crippen LogP contribution >= 0.6 is 0 Å². The van der Waals surface area contributed by atoms with E-state index in [0.29, 0.717) is 12.1 Å². The van der Waals surface area contributed by atoms with Crippen LogP contribution in [0.5, 0.6) is 5.75 Å². The standard InChI is InChI=1S/C19H31N3O2/c1-16-15-24-13-12-22(16)11-10-21-8-6-17(7-9-21)20-18-4-3-5-19(14-18)23-2/h3-5,14,16-17,20H,6-13,15H2,1-2H3/t16-/m1/s1. The van der Waals surface area contributed by atoms with Crippen molar-refractivity contribution in [2.24, 2.45) is 0 Å². The molecule has 0 amide bonds. The zero-order chi connectivity index (χ0) is 16.8. The van der Waals surface area contributed by atoms with Crippen LogP contribution in [0.25, 0.3) is 0 Å². The lowest BCUT2D eigenvalue weighted by atomic mass is 10.0. The minimum absolute atomic E-state index is 0.561. The van der Waals surface area contributed by atoms with Gasteiger partial charge in [0.05, 0.1) is 20.3 Å². The van der Waals surface area contributed by atoms with Crippen molar-refractivity contribution in [3.05, 3.63) is 24.3 Å². The summed E-state index contributed by atoms with van der Waals surface area (Å²) in [7, 11) is 1.72. The van der Waals surface area contributed by atoms with Gasteiger partial charge in [0.1, 0.15) is 5.75 Å².